The van der Waals surface area contributed by atoms with E-state index < -0.39 is 6.10 Å². The number of ether oxygens (including phenoxy) is 1. The molecule has 0 aromatic heterocycles. The lowest BCUT2D eigenvalue weighted by Crippen LogP contribution is -2.24. The summed E-state index contributed by atoms with van der Waals surface area (Å²) in [4.78, 5) is 0. The molecule has 0 saturated heterocycles. The van der Waals surface area contributed by atoms with Crippen LogP contribution in [-0.2, 0) is 0 Å². The molecule has 1 aromatic rings. The summed E-state index contributed by atoms with van der Waals surface area (Å²) in [6.07, 6.45) is -0.746. The predicted molar refractivity (Wildman–Crippen MR) is 53.3 cm³/mol. The maximum atomic E-state index is 9.65. The van der Waals surface area contributed by atoms with Crippen LogP contribution in [0.15, 0.2) is 18.2 Å². The third kappa shape index (κ3) is 2.16. The molecule has 0 aliphatic heterocycles. The maximum absolute atomic E-state index is 9.65. The van der Waals surface area contributed by atoms with Crippen molar-refractivity contribution >= 4 is 0 Å². The highest BCUT2D eigenvalue weighted by Crippen LogP contribution is 2.29. The molecule has 0 aliphatic carbocycles. The van der Waals surface area contributed by atoms with Gasteiger partial charge in [-0.05, 0) is 24.6 Å². The van der Waals surface area contributed by atoms with Crippen LogP contribution in [0, 0.1) is 0 Å². The summed E-state index contributed by atoms with van der Waals surface area (Å²) < 4.78 is 4.91. The summed E-state index contributed by atoms with van der Waals surface area (Å²) in [5, 5.41) is 19.0. The highest BCUT2D eigenvalue weighted by Gasteiger charge is 2.14. The van der Waals surface area contributed by atoms with Crippen molar-refractivity contribution in [3.8, 4) is 11.5 Å². The first-order chi connectivity index (χ1) is 6.56. The molecule has 78 valence electrons. The highest BCUT2D eigenvalue weighted by atomic mass is 16.5. The van der Waals surface area contributed by atoms with Gasteiger partial charge in [0.2, 0.25) is 0 Å². The Labute approximate surface area is 82.9 Å². The average Bonchev–Trinajstić information content (AvgIpc) is 2.17. The van der Waals surface area contributed by atoms with Gasteiger partial charge < -0.3 is 20.7 Å². The van der Waals surface area contributed by atoms with E-state index in [0.29, 0.717) is 11.3 Å². The number of methoxy groups -OCH3 is 1. The van der Waals surface area contributed by atoms with Crippen LogP contribution >= 0.6 is 0 Å². The number of benzene rings is 1. The lowest BCUT2D eigenvalue weighted by atomic mass is 10.0. The van der Waals surface area contributed by atoms with Crippen LogP contribution in [-0.4, -0.2) is 23.4 Å². The Morgan fingerprint density at radius 1 is 1.43 bits per heavy atom. The monoisotopic (exact) mass is 197 g/mol. The standard InChI is InChI=1S/C10H15NO3/c1-6(11)10(13)7-3-4-8(12)9(5-7)14-2/h3-6,10,12-13H,11H2,1-2H3. The van der Waals surface area contributed by atoms with E-state index in [2.05, 4.69) is 0 Å². The van der Waals surface area contributed by atoms with Crippen molar-refractivity contribution in [3.63, 3.8) is 0 Å². The molecule has 0 radical (unpaired) electrons. The third-order valence-electron chi connectivity index (χ3n) is 2.04. The molecule has 2 atom stereocenters. The Kier molecular flexibility index (Phi) is 3.33. The lowest BCUT2D eigenvalue weighted by molar-refractivity contribution is 0.153. The molecule has 2 unspecified atom stereocenters. The number of hydrogen-bond donors (Lipinski definition) is 3. The molecule has 1 rings (SSSR count). The first-order valence-corrected chi connectivity index (χ1v) is 4.36. The fraction of sp³-hybridized carbons (Fsp3) is 0.400. The van der Waals surface area contributed by atoms with Crippen LogP contribution in [0.4, 0.5) is 0 Å². The van der Waals surface area contributed by atoms with Crippen LogP contribution in [0.1, 0.15) is 18.6 Å². The Morgan fingerprint density at radius 3 is 2.57 bits per heavy atom. The molecular weight excluding hydrogens is 182 g/mol. The van der Waals surface area contributed by atoms with Gasteiger partial charge in [0.25, 0.3) is 0 Å². The summed E-state index contributed by atoms with van der Waals surface area (Å²) in [7, 11) is 1.46. The second kappa shape index (κ2) is 4.30. The fourth-order valence-corrected chi connectivity index (χ4v) is 1.18. The largest absolute Gasteiger partial charge is 0.504 e. The van der Waals surface area contributed by atoms with Crippen molar-refractivity contribution < 1.29 is 14.9 Å². The molecule has 0 aliphatic rings. The zero-order valence-corrected chi connectivity index (χ0v) is 8.27. The number of phenolic OH excluding ortho intramolecular Hbond substituents is 1. The fourth-order valence-electron chi connectivity index (χ4n) is 1.18. The van der Waals surface area contributed by atoms with Crippen LogP contribution in [0.25, 0.3) is 0 Å². The number of rotatable bonds is 3. The van der Waals surface area contributed by atoms with E-state index in [1.54, 1.807) is 19.1 Å². The number of aliphatic hydroxyl groups is 1. The van der Waals surface area contributed by atoms with E-state index >= 15 is 0 Å². The topological polar surface area (TPSA) is 75.7 Å². The van der Waals surface area contributed by atoms with E-state index in [0.717, 1.165) is 0 Å². The highest BCUT2D eigenvalue weighted by molar-refractivity contribution is 5.42. The molecule has 0 amide bonds. The normalized spacial score (nSPS) is 14.9. The third-order valence-corrected chi connectivity index (χ3v) is 2.04. The van der Waals surface area contributed by atoms with E-state index in [1.165, 1.54) is 13.2 Å². The van der Waals surface area contributed by atoms with Crippen molar-refractivity contribution in [1.29, 1.82) is 0 Å². The van der Waals surface area contributed by atoms with E-state index in [4.69, 9.17) is 10.5 Å². The molecule has 0 heterocycles. The molecule has 4 heteroatoms. The average molecular weight is 197 g/mol. The number of nitrogens with two attached hydrogens (primary N) is 1. The number of aliphatic hydroxyl groups excluding tert-OH is 1. The molecule has 4 nitrogen and oxygen atoms in total. The van der Waals surface area contributed by atoms with Crippen molar-refractivity contribution in [2.75, 3.05) is 7.11 Å². The molecule has 0 saturated carbocycles. The van der Waals surface area contributed by atoms with Gasteiger partial charge in [0, 0.05) is 6.04 Å². The van der Waals surface area contributed by atoms with Crippen molar-refractivity contribution in [3.05, 3.63) is 23.8 Å². The van der Waals surface area contributed by atoms with Gasteiger partial charge in [-0.15, -0.1) is 0 Å². The first-order valence-electron chi connectivity index (χ1n) is 4.36. The van der Waals surface area contributed by atoms with E-state index in [9.17, 15) is 10.2 Å². The van der Waals surface area contributed by atoms with Crippen LogP contribution < -0.4 is 10.5 Å². The smallest absolute Gasteiger partial charge is 0.160 e. The zero-order chi connectivity index (χ0) is 10.7. The number of phenols is 1. The molecule has 14 heavy (non-hydrogen) atoms. The number of hydrogen-bond acceptors (Lipinski definition) is 4. The number of aromatic hydroxyl groups is 1. The van der Waals surface area contributed by atoms with Gasteiger partial charge in [0.1, 0.15) is 0 Å². The van der Waals surface area contributed by atoms with E-state index in [1.807, 2.05) is 0 Å². The molecule has 0 spiro atoms. The van der Waals surface area contributed by atoms with E-state index in [-0.39, 0.29) is 11.8 Å². The van der Waals surface area contributed by atoms with Gasteiger partial charge in [0.15, 0.2) is 11.5 Å². The van der Waals surface area contributed by atoms with Gasteiger partial charge in [-0.3, -0.25) is 0 Å². The van der Waals surface area contributed by atoms with Crippen molar-refractivity contribution in [1.82, 2.24) is 0 Å². The van der Waals surface area contributed by atoms with Crippen molar-refractivity contribution in [2.24, 2.45) is 5.73 Å². The quantitative estimate of drug-likeness (QED) is 0.669. The summed E-state index contributed by atoms with van der Waals surface area (Å²) in [5.41, 5.74) is 6.18. The predicted octanol–water partition coefficient (Wildman–Crippen LogP) is 0.781. The molecular formula is C10H15NO3. The summed E-state index contributed by atoms with van der Waals surface area (Å²) in [6, 6.07) is 4.30. The van der Waals surface area contributed by atoms with Crippen LogP contribution in [0.5, 0.6) is 11.5 Å². The first kappa shape index (κ1) is 10.8. The Morgan fingerprint density at radius 2 is 2.07 bits per heavy atom. The van der Waals surface area contributed by atoms with Crippen molar-refractivity contribution in [2.45, 2.75) is 19.1 Å². The summed E-state index contributed by atoms with van der Waals surface area (Å²) >= 11 is 0. The summed E-state index contributed by atoms with van der Waals surface area (Å²) in [6.45, 7) is 1.71. The minimum Gasteiger partial charge on any atom is -0.504 e. The second-order valence-electron chi connectivity index (χ2n) is 3.24. The molecule has 0 bridgehead atoms. The van der Waals surface area contributed by atoms with Crippen LogP contribution in [0.2, 0.25) is 0 Å². The van der Waals surface area contributed by atoms with Crippen LogP contribution in [0.3, 0.4) is 0 Å². The molecule has 0 fully saturated rings. The van der Waals surface area contributed by atoms with Gasteiger partial charge in [-0.2, -0.15) is 0 Å². The van der Waals surface area contributed by atoms with Gasteiger partial charge in [-0.1, -0.05) is 6.07 Å². The van der Waals surface area contributed by atoms with Gasteiger partial charge >= 0.3 is 0 Å². The SMILES string of the molecule is COc1cc(C(O)C(C)N)ccc1O. The maximum Gasteiger partial charge on any atom is 0.160 e. The second-order valence-corrected chi connectivity index (χ2v) is 3.24. The minimum absolute atomic E-state index is 0.0492. The Balaban J connectivity index is 3.00. The minimum atomic E-state index is -0.746. The Hall–Kier alpha value is -1.26. The molecule has 4 N–H and O–H groups in total. The van der Waals surface area contributed by atoms with Gasteiger partial charge in [0.05, 0.1) is 13.2 Å². The van der Waals surface area contributed by atoms with Gasteiger partial charge in [-0.25, -0.2) is 0 Å². The molecule has 1 aromatic carbocycles. The lowest BCUT2D eigenvalue weighted by Gasteiger charge is -2.15. The summed E-state index contributed by atoms with van der Waals surface area (Å²) in [5.74, 6) is 0.385. The Bertz CT molecular complexity index is 312. The zero-order valence-electron chi connectivity index (χ0n) is 8.27.